The van der Waals surface area contributed by atoms with Crippen LogP contribution in [0.5, 0.6) is 11.5 Å². The van der Waals surface area contributed by atoms with Gasteiger partial charge in [-0.1, -0.05) is 0 Å². The van der Waals surface area contributed by atoms with Crippen LogP contribution in [-0.4, -0.2) is 34.8 Å². The minimum atomic E-state index is -0.104. The highest BCUT2D eigenvalue weighted by molar-refractivity contribution is 5.95. The summed E-state index contributed by atoms with van der Waals surface area (Å²) in [5, 5.41) is 27.6. The Labute approximate surface area is 135 Å². The molecule has 1 aliphatic heterocycles. The summed E-state index contributed by atoms with van der Waals surface area (Å²) < 4.78 is 0. The number of fused-ring (bicyclic) bond motifs is 2. The average molecular weight is 313 g/mol. The second-order valence-corrected chi connectivity index (χ2v) is 6.70. The van der Waals surface area contributed by atoms with Crippen LogP contribution < -0.4 is 10.6 Å². The molecule has 1 aromatic carbocycles. The first-order valence-electron chi connectivity index (χ1n) is 8.54. The van der Waals surface area contributed by atoms with Crippen molar-refractivity contribution in [3.63, 3.8) is 0 Å². The van der Waals surface area contributed by atoms with E-state index < -0.39 is 0 Å². The third kappa shape index (κ3) is 2.70. The van der Waals surface area contributed by atoms with Crippen molar-refractivity contribution in [1.82, 2.24) is 10.3 Å². The third-order valence-corrected chi connectivity index (χ3v) is 5.13. The van der Waals surface area contributed by atoms with Crippen molar-refractivity contribution in [2.45, 2.75) is 32.1 Å². The average Bonchev–Trinajstić information content (AvgIpc) is 3.02. The van der Waals surface area contributed by atoms with Crippen molar-refractivity contribution in [1.29, 1.82) is 0 Å². The van der Waals surface area contributed by atoms with Gasteiger partial charge in [-0.25, -0.2) is 0 Å². The van der Waals surface area contributed by atoms with E-state index >= 15 is 0 Å². The summed E-state index contributed by atoms with van der Waals surface area (Å²) in [6.45, 7) is 3.14. The number of anilines is 1. The lowest BCUT2D eigenvalue weighted by molar-refractivity contribution is 0.390. The Balaban J connectivity index is 1.72. The number of aromatic nitrogens is 1. The fourth-order valence-corrected chi connectivity index (χ4v) is 3.82. The zero-order valence-electron chi connectivity index (χ0n) is 13.2. The molecule has 0 bridgehead atoms. The molecule has 23 heavy (non-hydrogen) atoms. The van der Waals surface area contributed by atoms with Crippen LogP contribution in [0.2, 0.25) is 0 Å². The van der Waals surface area contributed by atoms with E-state index in [9.17, 15) is 10.2 Å². The number of piperidine rings is 1. The monoisotopic (exact) mass is 313 g/mol. The molecule has 0 unspecified atom stereocenters. The normalized spacial score (nSPS) is 18.3. The van der Waals surface area contributed by atoms with Crippen molar-refractivity contribution < 1.29 is 10.2 Å². The lowest BCUT2D eigenvalue weighted by Crippen LogP contribution is -2.31. The van der Waals surface area contributed by atoms with E-state index in [0.29, 0.717) is 5.92 Å². The predicted molar refractivity (Wildman–Crippen MR) is 91.2 cm³/mol. The van der Waals surface area contributed by atoms with Crippen molar-refractivity contribution >= 4 is 16.6 Å². The summed E-state index contributed by atoms with van der Waals surface area (Å²) in [7, 11) is 0. The molecule has 5 nitrogen and oxygen atoms in total. The van der Waals surface area contributed by atoms with Crippen LogP contribution in [0.25, 0.3) is 10.9 Å². The maximum atomic E-state index is 9.89. The van der Waals surface area contributed by atoms with Gasteiger partial charge in [0, 0.05) is 29.4 Å². The van der Waals surface area contributed by atoms with E-state index in [-0.39, 0.29) is 11.5 Å². The van der Waals surface area contributed by atoms with Crippen LogP contribution >= 0.6 is 0 Å². The van der Waals surface area contributed by atoms with Gasteiger partial charge in [-0.2, -0.15) is 0 Å². The van der Waals surface area contributed by atoms with Crippen LogP contribution in [0, 0.1) is 5.92 Å². The van der Waals surface area contributed by atoms with Crippen LogP contribution in [0.4, 0.5) is 5.69 Å². The lowest BCUT2D eigenvalue weighted by Gasteiger charge is -2.24. The minimum Gasteiger partial charge on any atom is -0.504 e. The second-order valence-electron chi connectivity index (χ2n) is 6.70. The topological polar surface area (TPSA) is 77.4 Å². The molecule has 0 atom stereocenters. The quantitative estimate of drug-likeness (QED) is 0.655. The molecule has 0 saturated carbocycles. The molecule has 1 saturated heterocycles. The van der Waals surface area contributed by atoms with Gasteiger partial charge in [-0.05, 0) is 62.7 Å². The maximum Gasteiger partial charge on any atom is 0.159 e. The summed E-state index contributed by atoms with van der Waals surface area (Å²) in [6.07, 6.45) is 5.55. The highest BCUT2D eigenvalue weighted by atomic mass is 16.3. The Hall–Kier alpha value is -2.01. The second kappa shape index (κ2) is 5.89. The fraction of sp³-hybridized carbons (Fsp3) is 0.500. The molecule has 122 valence electrons. The smallest absolute Gasteiger partial charge is 0.159 e. The molecule has 0 spiro atoms. The van der Waals surface area contributed by atoms with E-state index in [1.807, 2.05) is 0 Å². The molecular formula is C18H23N3O2. The number of hydrogen-bond donors (Lipinski definition) is 4. The standard InChI is InChI=1S/C18H23N3O2/c22-16-8-13-15(9-17(16)23)21-14-3-1-2-12(14)18(13)20-10-11-4-6-19-7-5-11/h8-9,11,19,22-23H,1-7,10H2,(H,20,21). The number of hydrogen-bond acceptors (Lipinski definition) is 5. The van der Waals surface area contributed by atoms with Gasteiger partial charge in [0.05, 0.1) is 5.52 Å². The number of aryl methyl sites for hydroxylation is 1. The summed E-state index contributed by atoms with van der Waals surface area (Å²) in [5.41, 5.74) is 4.29. The molecular weight excluding hydrogens is 290 g/mol. The van der Waals surface area contributed by atoms with Gasteiger partial charge in [-0.15, -0.1) is 0 Å². The molecule has 1 fully saturated rings. The van der Waals surface area contributed by atoms with E-state index in [4.69, 9.17) is 4.98 Å². The molecule has 1 aromatic heterocycles. The van der Waals surface area contributed by atoms with E-state index in [1.165, 1.54) is 18.4 Å². The van der Waals surface area contributed by atoms with Crippen LogP contribution in [0.1, 0.15) is 30.5 Å². The van der Waals surface area contributed by atoms with Crippen molar-refractivity contribution in [3.05, 3.63) is 23.4 Å². The molecule has 0 amide bonds. The number of rotatable bonds is 3. The summed E-state index contributed by atoms with van der Waals surface area (Å²) in [6, 6.07) is 3.21. The zero-order valence-corrected chi connectivity index (χ0v) is 13.2. The van der Waals surface area contributed by atoms with Crippen LogP contribution in [-0.2, 0) is 12.8 Å². The third-order valence-electron chi connectivity index (χ3n) is 5.13. The highest BCUT2D eigenvalue weighted by Crippen LogP contribution is 2.38. The number of benzene rings is 1. The number of phenolic OH excluding ortho intramolecular Hbond substituents is 2. The molecule has 2 aromatic rings. The highest BCUT2D eigenvalue weighted by Gasteiger charge is 2.22. The van der Waals surface area contributed by atoms with E-state index in [2.05, 4.69) is 10.6 Å². The van der Waals surface area contributed by atoms with Crippen molar-refractivity contribution in [2.75, 3.05) is 25.0 Å². The van der Waals surface area contributed by atoms with Gasteiger partial charge in [-0.3, -0.25) is 4.98 Å². The molecule has 4 N–H and O–H groups in total. The van der Waals surface area contributed by atoms with Gasteiger partial charge in [0.1, 0.15) is 0 Å². The molecule has 2 heterocycles. The van der Waals surface area contributed by atoms with E-state index in [0.717, 1.165) is 61.2 Å². The van der Waals surface area contributed by atoms with E-state index in [1.54, 1.807) is 12.1 Å². The Morgan fingerprint density at radius 3 is 2.74 bits per heavy atom. The van der Waals surface area contributed by atoms with Gasteiger partial charge in [0.25, 0.3) is 0 Å². The first-order chi connectivity index (χ1) is 11.2. The molecule has 0 radical (unpaired) electrons. The molecule has 1 aliphatic carbocycles. The summed E-state index contributed by atoms with van der Waals surface area (Å²) in [5.74, 6) is 0.497. The van der Waals surface area contributed by atoms with Gasteiger partial charge < -0.3 is 20.8 Å². The Bertz CT molecular complexity index is 739. The number of phenols is 2. The SMILES string of the molecule is Oc1cc2nc3c(c(NCC4CCNCC4)c2cc1O)CCC3. The first-order valence-corrected chi connectivity index (χ1v) is 8.54. The largest absolute Gasteiger partial charge is 0.504 e. The van der Waals surface area contributed by atoms with Crippen LogP contribution in [0.3, 0.4) is 0 Å². The van der Waals surface area contributed by atoms with Gasteiger partial charge in [0.15, 0.2) is 11.5 Å². The Kier molecular flexibility index (Phi) is 3.73. The predicted octanol–water partition coefficient (Wildman–Crippen LogP) is 2.55. The lowest BCUT2D eigenvalue weighted by atomic mass is 9.97. The van der Waals surface area contributed by atoms with Crippen molar-refractivity contribution in [2.24, 2.45) is 5.92 Å². The molecule has 2 aliphatic rings. The Morgan fingerprint density at radius 1 is 1.13 bits per heavy atom. The number of aromatic hydroxyl groups is 2. The zero-order chi connectivity index (χ0) is 15.8. The molecule has 4 rings (SSSR count). The number of pyridine rings is 1. The van der Waals surface area contributed by atoms with Gasteiger partial charge >= 0.3 is 0 Å². The van der Waals surface area contributed by atoms with Crippen molar-refractivity contribution in [3.8, 4) is 11.5 Å². The summed E-state index contributed by atoms with van der Waals surface area (Å²) >= 11 is 0. The Morgan fingerprint density at radius 2 is 1.91 bits per heavy atom. The minimum absolute atomic E-state index is 0.0813. The summed E-state index contributed by atoms with van der Waals surface area (Å²) in [4.78, 5) is 4.69. The number of nitrogens with zero attached hydrogens (tertiary/aromatic N) is 1. The van der Waals surface area contributed by atoms with Crippen LogP contribution in [0.15, 0.2) is 12.1 Å². The van der Waals surface area contributed by atoms with Gasteiger partial charge in [0.2, 0.25) is 0 Å². The fourth-order valence-electron chi connectivity index (χ4n) is 3.82. The molecule has 5 heteroatoms. The first kappa shape index (κ1) is 14.6. The number of nitrogens with one attached hydrogen (secondary N) is 2. The maximum absolute atomic E-state index is 9.89.